The molecule has 186 valence electrons. The maximum absolute atomic E-state index is 12.8. The molecule has 10 heteroatoms. The molecule has 4 heterocycles. The summed E-state index contributed by atoms with van der Waals surface area (Å²) in [7, 11) is 1.64. The summed E-state index contributed by atoms with van der Waals surface area (Å²) in [6.07, 6.45) is 2.69. The highest BCUT2D eigenvalue weighted by molar-refractivity contribution is 7.09. The molecule has 1 amide bonds. The van der Waals surface area contributed by atoms with Crippen LogP contribution in [-0.4, -0.2) is 65.8 Å². The lowest BCUT2D eigenvalue weighted by atomic mass is 9.96. The third kappa shape index (κ3) is 5.82. The summed E-state index contributed by atoms with van der Waals surface area (Å²) in [5, 5.41) is 10.6. The van der Waals surface area contributed by atoms with Crippen LogP contribution in [-0.2, 0) is 11.3 Å². The number of hydrogen-bond donors (Lipinski definition) is 1. The van der Waals surface area contributed by atoms with E-state index in [2.05, 4.69) is 35.6 Å². The first kappa shape index (κ1) is 23.7. The number of anilines is 1. The highest BCUT2D eigenvalue weighted by atomic mass is 32.1. The third-order valence-corrected chi connectivity index (χ3v) is 7.71. The second-order valence-electron chi connectivity index (χ2n) is 9.38. The average Bonchev–Trinajstić information content (AvgIpc) is 3.65. The van der Waals surface area contributed by atoms with E-state index in [0.29, 0.717) is 17.8 Å². The Morgan fingerprint density at radius 3 is 2.69 bits per heavy atom. The maximum Gasteiger partial charge on any atom is 0.324 e. The second-order valence-corrected chi connectivity index (χ2v) is 10.4. The van der Waals surface area contributed by atoms with Crippen LogP contribution < -0.4 is 15.0 Å². The Morgan fingerprint density at radius 1 is 1.17 bits per heavy atom. The van der Waals surface area contributed by atoms with E-state index >= 15 is 0 Å². The molecule has 1 unspecified atom stereocenters. The number of methoxy groups -OCH3 is 1. The number of hydrogen-bond acceptors (Lipinski definition) is 9. The maximum atomic E-state index is 12.8. The smallest absolute Gasteiger partial charge is 0.324 e. The molecule has 2 aliphatic heterocycles. The Hall–Kier alpha value is -2.98. The summed E-state index contributed by atoms with van der Waals surface area (Å²) in [5.74, 6) is 2.05. The molecule has 1 N–H and O–H groups in total. The van der Waals surface area contributed by atoms with Crippen molar-refractivity contribution in [2.45, 2.75) is 32.7 Å². The summed E-state index contributed by atoms with van der Waals surface area (Å²) in [6.45, 7) is 7.24. The van der Waals surface area contributed by atoms with E-state index in [-0.39, 0.29) is 11.8 Å². The summed E-state index contributed by atoms with van der Waals surface area (Å²) in [4.78, 5) is 26.4. The van der Waals surface area contributed by atoms with Crippen molar-refractivity contribution < 1.29 is 14.1 Å². The van der Waals surface area contributed by atoms with E-state index in [1.165, 1.54) is 0 Å². The van der Waals surface area contributed by atoms with Crippen LogP contribution >= 0.6 is 11.3 Å². The summed E-state index contributed by atoms with van der Waals surface area (Å²) in [5.41, 5.74) is 2.03. The number of ether oxygens (including phenoxy) is 1. The number of aryl methyl sites for hydroxylation is 1. The van der Waals surface area contributed by atoms with Crippen molar-refractivity contribution in [3.05, 3.63) is 40.3 Å². The van der Waals surface area contributed by atoms with Gasteiger partial charge in [-0.1, -0.05) is 5.16 Å². The number of carbonyl (C=O) groups excluding carboxylic acids is 1. The molecule has 5 rings (SSSR count). The molecule has 0 aliphatic carbocycles. The van der Waals surface area contributed by atoms with Crippen LogP contribution in [0, 0.1) is 18.8 Å². The first-order valence-corrected chi connectivity index (χ1v) is 13.1. The Morgan fingerprint density at radius 2 is 1.97 bits per heavy atom. The second kappa shape index (κ2) is 10.7. The number of amides is 1. The molecule has 2 fully saturated rings. The van der Waals surface area contributed by atoms with Gasteiger partial charge in [0, 0.05) is 49.6 Å². The van der Waals surface area contributed by atoms with E-state index < -0.39 is 0 Å². The minimum Gasteiger partial charge on any atom is -0.497 e. The first-order valence-electron chi connectivity index (χ1n) is 12.2. The van der Waals surface area contributed by atoms with E-state index in [1.54, 1.807) is 18.4 Å². The van der Waals surface area contributed by atoms with Gasteiger partial charge >= 0.3 is 6.01 Å². The molecular formula is C25H32N6O3S. The molecule has 2 aliphatic rings. The summed E-state index contributed by atoms with van der Waals surface area (Å²) >= 11 is 1.70. The zero-order valence-electron chi connectivity index (χ0n) is 20.3. The predicted octanol–water partition coefficient (Wildman–Crippen LogP) is 3.36. The fraction of sp³-hybridized carbons (Fsp3) is 0.520. The van der Waals surface area contributed by atoms with Crippen LogP contribution in [0.3, 0.4) is 0 Å². The molecule has 0 saturated carbocycles. The SMILES string of the molecule is COc1ccc(-c2noc(N3CCC(C(=O)NCC4CCN(Cc5csc(C)n5)C4)CC3)n2)cc1. The lowest BCUT2D eigenvalue weighted by molar-refractivity contribution is -0.125. The molecule has 1 aromatic carbocycles. The van der Waals surface area contributed by atoms with Crippen molar-refractivity contribution in [3.63, 3.8) is 0 Å². The Kier molecular flexibility index (Phi) is 7.29. The Bertz CT molecular complexity index is 1120. The molecule has 2 saturated heterocycles. The van der Waals surface area contributed by atoms with Gasteiger partial charge in [-0.05, 0) is 62.9 Å². The average molecular weight is 497 g/mol. The molecule has 0 radical (unpaired) electrons. The monoisotopic (exact) mass is 496 g/mol. The largest absolute Gasteiger partial charge is 0.497 e. The van der Waals surface area contributed by atoms with Crippen LogP contribution in [0.4, 0.5) is 6.01 Å². The van der Waals surface area contributed by atoms with Crippen molar-refractivity contribution in [2.24, 2.45) is 11.8 Å². The summed E-state index contributed by atoms with van der Waals surface area (Å²) < 4.78 is 10.7. The minimum absolute atomic E-state index is 0.0331. The van der Waals surface area contributed by atoms with Crippen LogP contribution in [0.5, 0.6) is 5.75 Å². The number of benzene rings is 1. The van der Waals surface area contributed by atoms with Gasteiger partial charge < -0.3 is 19.5 Å². The van der Waals surface area contributed by atoms with Crippen LogP contribution in [0.25, 0.3) is 11.4 Å². The number of rotatable bonds is 8. The zero-order chi connectivity index (χ0) is 24.2. The van der Waals surface area contributed by atoms with Gasteiger partial charge in [-0.2, -0.15) is 4.98 Å². The lowest BCUT2D eigenvalue weighted by Crippen LogP contribution is -2.42. The molecular weight excluding hydrogens is 464 g/mol. The normalized spacial score (nSPS) is 19.3. The minimum atomic E-state index is 0.0331. The van der Waals surface area contributed by atoms with Gasteiger partial charge in [-0.15, -0.1) is 11.3 Å². The Labute approximate surface area is 209 Å². The lowest BCUT2D eigenvalue weighted by Gasteiger charge is -2.30. The fourth-order valence-corrected chi connectivity index (χ4v) is 5.46. The van der Waals surface area contributed by atoms with Crippen molar-refractivity contribution in [1.29, 1.82) is 0 Å². The molecule has 0 spiro atoms. The van der Waals surface area contributed by atoms with E-state index in [9.17, 15) is 4.79 Å². The van der Waals surface area contributed by atoms with E-state index in [4.69, 9.17) is 9.26 Å². The highest BCUT2D eigenvalue weighted by Gasteiger charge is 2.29. The van der Waals surface area contributed by atoms with Crippen LogP contribution in [0.15, 0.2) is 34.2 Å². The molecule has 2 aromatic heterocycles. The number of nitrogens with one attached hydrogen (secondary N) is 1. The number of nitrogens with zero attached hydrogens (tertiary/aromatic N) is 5. The fourth-order valence-electron chi connectivity index (χ4n) is 4.86. The quantitative estimate of drug-likeness (QED) is 0.507. The molecule has 9 nitrogen and oxygen atoms in total. The standard InChI is InChI=1S/C25H32N6O3S/c1-17-27-21(16-35-17)15-30-10-7-18(14-30)13-26-24(32)20-8-11-31(12-9-20)25-28-23(29-34-25)19-3-5-22(33-2)6-4-19/h3-6,16,18,20H,7-15H2,1-2H3,(H,26,32). The summed E-state index contributed by atoms with van der Waals surface area (Å²) in [6, 6.07) is 8.08. The van der Waals surface area contributed by atoms with Crippen LogP contribution in [0.2, 0.25) is 0 Å². The number of thiazole rings is 1. The van der Waals surface area contributed by atoms with Gasteiger partial charge in [0.2, 0.25) is 11.7 Å². The number of piperidine rings is 1. The zero-order valence-corrected chi connectivity index (χ0v) is 21.1. The van der Waals surface area contributed by atoms with Crippen molar-refractivity contribution >= 4 is 23.3 Å². The van der Waals surface area contributed by atoms with E-state index in [1.807, 2.05) is 31.2 Å². The van der Waals surface area contributed by atoms with Gasteiger partial charge in [-0.3, -0.25) is 9.69 Å². The van der Waals surface area contributed by atoms with Crippen molar-refractivity contribution in [3.8, 4) is 17.1 Å². The van der Waals surface area contributed by atoms with Crippen molar-refractivity contribution in [2.75, 3.05) is 44.7 Å². The number of aromatic nitrogens is 3. The topological polar surface area (TPSA) is 96.6 Å². The van der Waals surface area contributed by atoms with Gasteiger partial charge in [0.25, 0.3) is 0 Å². The molecule has 3 aromatic rings. The van der Waals surface area contributed by atoms with Gasteiger partial charge in [0.05, 0.1) is 17.8 Å². The van der Waals surface area contributed by atoms with Crippen LogP contribution in [0.1, 0.15) is 30.0 Å². The number of likely N-dealkylation sites (tertiary alicyclic amines) is 1. The van der Waals surface area contributed by atoms with Gasteiger partial charge in [-0.25, -0.2) is 4.98 Å². The van der Waals surface area contributed by atoms with E-state index in [0.717, 1.165) is 80.5 Å². The molecule has 1 atom stereocenters. The molecule has 0 bridgehead atoms. The van der Waals surface area contributed by atoms with Gasteiger partial charge in [0.15, 0.2) is 0 Å². The first-order chi connectivity index (χ1) is 17.1. The number of carbonyl (C=O) groups is 1. The Balaban J connectivity index is 1.05. The molecule has 35 heavy (non-hydrogen) atoms. The van der Waals surface area contributed by atoms with Gasteiger partial charge in [0.1, 0.15) is 5.75 Å². The predicted molar refractivity (Wildman–Crippen MR) is 134 cm³/mol. The van der Waals surface area contributed by atoms with Crippen molar-refractivity contribution in [1.82, 2.24) is 25.3 Å². The highest BCUT2D eigenvalue weighted by Crippen LogP contribution is 2.26. The third-order valence-electron chi connectivity index (χ3n) is 6.89.